The minimum atomic E-state index is 0.435. The Hall–Kier alpha value is -1.02. The molecule has 0 aromatic rings. The zero-order valence-electron chi connectivity index (χ0n) is 6.30. The Morgan fingerprint density at radius 1 is 1.30 bits per heavy atom. The summed E-state index contributed by atoms with van der Waals surface area (Å²) in [7, 11) is 0. The molecular weight excluding hydrogens is 124 g/mol. The third kappa shape index (κ3) is 3.92. The van der Waals surface area contributed by atoms with Gasteiger partial charge in [-0.2, -0.15) is 10.5 Å². The molecule has 0 saturated carbocycles. The first-order chi connectivity index (χ1) is 4.85. The molecule has 0 amide bonds. The standard InChI is InChI=1S/C8H12N2/c1-2-8(5-7-10)4-3-6-9/h8H,2-5H2,1H3/t8-/m0/s1. The second kappa shape index (κ2) is 6.11. The van der Waals surface area contributed by atoms with E-state index in [1.54, 1.807) is 0 Å². The average molecular weight is 136 g/mol. The molecule has 0 fully saturated rings. The van der Waals surface area contributed by atoms with Crippen LogP contribution < -0.4 is 0 Å². The number of nitrogens with zero attached hydrogens (tertiary/aromatic N) is 2. The molecule has 0 aromatic carbocycles. The van der Waals surface area contributed by atoms with Crippen molar-refractivity contribution in [3.05, 3.63) is 0 Å². The summed E-state index contributed by atoms with van der Waals surface area (Å²) in [6, 6.07) is 4.20. The van der Waals surface area contributed by atoms with E-state index in [-0.39, 0.29) is 0 Å². The van der Waals surface area contributed by atoms with Gasteiger partial charge in [0.05, 0.1) is 12.1 Å². The van der Waals surface area contributed by atoms with Crippen molar-refractivity contribution in [2.24, 2.45) is 5.92 Å². The summed E-state index contributed by atoms with van der Waals surface area (Å²) in [5, 5.41) is 16.6. The summed E-state index contributed by atoms with van der Waals surface area (Å²) in [4.78, 5) is 0. The van der Waals surface area contributed by atoms with Gasteiger partial charge in [0, 0.05) is 12.8 Å². The highest BCUT2D eigenvalue weighted by Gasteiger charge is 2.03. The van der Waals surface area contributed by atoms with E-state index < -0.39 is 0 Å². The van der Waals surface area contributed by atoms with E-state index in [1.807, 2.05) is 0 Å². The van der Waals surface area contributed by atoms with E-state index >= 15 is 0 Å². The van der Waals surface area contributed by atoms with Crippen molar-refractivity contribution in [1.29, 1.82) is 10.5 Å². The monoisotopic (exact) mass is 136 g/mol. The van der Waals surface area contributed by atoms with Crippen LogP contribution in [0.15, 0.2) is 0 Å². The first-order valence-electron chi connectivity index (χ1n) is 3.59. The molecule has 10 heavy (non-hydrogen) atoms. The van der Waals surface area contributed by atoms with Gasteiger partial charge >= 0.3 is 0 Å². The quantitative estimate of drug-likeness (QED) is 0.595. The Balaban J connectivity index is 3.44. The predicted octanol–water partition coefficient (Wildman–Crippen LogP) is 2.23. The molecular formula is C8H12N2. The molecule has 0 saturated heterocycles. The first-order valence-corrected chi connectivity index (χ1v) is 3.59. The Bertz CT molecular complexity index is 150. The predicted molar refractivity (Wildman–Crippen MR) is 38.9 cm³/mol. The third-order valence-corrected chi connectivity index (χ3v) is 1.62. The Morgan fingerprint density at radius 3 is 2.40 bits per heavy atom. The zero-order chi connectivity index (χ0) is 7.82. The summed E-state index contributed by atoms with van der Waals surface area (Å²) in [5.41, 5.74) is 0. The summed E-state index contributed by atoms with van der Waals surface area (Å²) in [5.74, 6) is 0.435. The molecule has 54 valence electrons. The highest BCUT2D eigenvalue weighted by molar-refractivity contribution is 4.78. The minimum absolute atomic E-state index is 0.435. The number of rotatable bonds is 4. The molecule has 0 rings (SSSR count). The van der Waals surface area contributed by atoms with Crippen molar-refractivity contribution < 1.29 is 0 Å². The van der Waals surface area contributed by atoms with Gasteiger partial charge in [-0.3, -0.25) is 0 Å². The van der Waals surface area contributed by atoms with Crippen LogP contribution in [0.25, 0.3) is 0 Å². The van der Waals surface area contributed by atoms with Crippen molar-refractivity contribution in [2.75, 3.05) is 0 Å². The maximum atomic E-state index is 8.33. The summed E-state index contributed by atoms with van der Waals surface area (Å²) >= 11 is 0. The Kier molecular flexibility index (Phi) is 5.48. The lowest BCUT2D eigenvalue weighted by Crippen LogP contribution is -1.95. The van der Waals surface area contributed by atoms with Crippen molar-refractivity contribution in [2.45, 2.75) is 32.6 Å². The number of hydrogen-bond acceptors (Lipinski definition) is 2. The normalized spacial score (nSPS) is 11.5. The average Bonchev–Trinajstić information content (AvgIpc) is 1.98. The molecule has 0 radical (unpaired) electrons. The Labute approximate surface area is 62.1 Å². The molecule has 1 atom stereocenters. The number of hydrogen-bond donors (Lipinski definition) is 0. The zero-order valence-corrected chi connectivity index (χ0v) is 6.30. The maximum absolute atomic E-state index is 8.33. The summed E-state index contributed by atoms with van der Waals surface area (Å²) in [6.45, 7) is 2.05. The van der Waals surface area contributed by atoms with Crippen LogP contribution in [0.2, 0.25) is 0 Å². The minimum Gasteiger partial charge on any atom is -0.198 e. The summed E-state index contributed by atoms with van der Waals surface area (Å²) in [6.07, 6.45) is 3.06. The van der Waals surface area contributed by atoms with Crippen LogP contribution in [0.3, 0.4) is 0 Å². The topological polar surface area (TPSA) is 47.6 Å². The highest BCUT2D eigenvalue weighted by atomic mass is 14.3. The molecule has 0 aliphatic heterocycles. The van der Waals surface area contributed by atoms with E-state index in [0.29, 0.717) is 18.8 Å². The van der Waals surface area contributed by atoms with Crippen LogP contribution in [0.4, 0.5) is 0 Å². The second-order valence-electron chi connectivity index (χ2n) is 2.33. The van der Waals surface area contributed by atoms with E-state index in [9.17, 15) is 0 Å². The molecule has 0 aliphatic rings. The third-order valence-electron chi connectivity index (χ3n) is 1.62. The first kappa shape index (κ1) is 8.98. The van der Waals surface area contributed by atoms with Crippen LogP contribution in [-0.2, 0) is 0 Å². The van der Waals surface area contributed by atoms with E-state index in [2.05, 4.69) is 19.1 Å². The molecule has 2 heteroatoms. The summed E-state index contributed by atoms with van der Waals surface area (Å²) < 4.78 is 0. The van der Waals surface area contributed by atoms with Crippen molar-refractivity contribution in [1.82, 2.24) is 0 Å². The fraction of sp³-hybridized carbons (Fsp3) is 0.750. The van der Waals surface area contributed by atoms with E-state index in [0.717, 1.165) is 12.8 Å². The molecule has 0 heterocycles. The SMILES string of the molecule is CC[C@H](CC#N)CCC#N. The van der Waals surface area contributed by atoms with Gasteiger partial charge < -0.3 is 0 Å². The van der Waals surface area contributed by atoms with Gasteiger partial charge in [-0.1, -0.05) is 13.3 Å². The van der Waals surface area contributed by atoms with Gasteiger partial charge in [-0.15, -0.1) is 0 Å². The lowest BCUT2D eigenvalue weighted by molar-refractivity contribution is 0.487. The smallest absolute Gasteiger partial charge is 0.0624 e. The van der Waals surface area contributed by atoms with Gasteiger partial charge in [0.25, 0.3) is 0 Å². The number of nitriles is 2. The van der Waals surface area contributed by atoms with Crippen LogP contribution in [0.5, 0.6) is 0 Å². The fourth-order valence-corrected chi connectivity index (χ4v) is 0.848. The molecule has 0 N–H and O–H groups in total. The molecule has 0 aromatic heterocycles. The van der Waals surface area contributed by atoms with Gasteiger partial charge in [0.1, 0.15) is 0 Å². The highest BCUT2D eigenvalue weighted by Crippen LogP contribution is 2.13. The van der Waals surface area contributed by atoms with Crippen LogP contribution in [0.1, 0.15) is 32.6 Å². The van der Waals surface area contributed by atoms with E-state index in [4.69, 9.17) is 10.5 Å². The molecule has 0 spiro atoms. The maximum Gasteiger partial charge on any atom is 0.0624 e. The van der Waals surface area contributed by atoms with Crippen molar-refractivity contribution >= 4 is 0 Å². The van der Waals surface area contributed by atoms with Gasteiger partial charge in [0.2, 0.25) is 0 Å². The van der Waals surface area contributed by atoms with Crippen molar-refractivity contribution in [3.8, 4) is 12.1 Å². The van der Waals surface area contributed by atoms with Crippen LogP contribution >= 0.6 is 0 Å². The van der Waals surface area contributed by atoms with Gasteiger partial charge in [0.15, 0.2) is 0 Å². The second-order valence-corrected chi connectivity index (χ2v) is 2.33. The Morgan fingerprint density at radius 2 is 2.00 bits per heavy atom. The van der Waals surface area contributed by atoms with Crippen molar-refractivity contribution in [3.63, 3.8) is 0 Å². The molecule has 0 unspecified atom stereocenters. The molecule has 2 nitrogen and oxygen atoms in total. The van der Waals surface area contributed by atoms with E-state index in [1.165, 1.54) is 0 Å². The van der Waals surface area contributed by atoms with Crippen LogP contribution in [0, 0.1) is 28.6 Å². The fourth-order valence-electron chi connectivity index (χ4n) is 0.848. The lowest BCUT2D eigenvalue weighted by Gasteiger charge is -2.05. The molecule has 0 aliphatic carbocycles. The van der Waals surface area contributed by atoms with Crippen LogP contribution in [-0.4, -0.2) is 0 Å². The van der Waals surface area contributed by atoms with Gasteiger partial charge in [-0.25, -0.2) is 0 Å². The lowest BCUT2D eigenvalue weighted by atomic mass is 9.98. The molecule has 0 bridgehead atoms. The van der Waals surface area contributed by atoms with Gasteiger partial charge in [-0.05, 0) is 12.3 Å². The largest absolute Gasteiger partial charge is 0.198 e.